The molecule has 0 bridgehead atoms. The van der Waals surface area contributed by atoms with E-state index in [4.69, 9.17) is 0 Å². The first kappa shape index (κ1) is 13.3. The van der Waals surface area contributed by atoms with Crippen LogP contribution in [0.5, 0.6) is 0 Å². The summed E-state index contributed by atoms with van der Waals surface area (Å²) in [5.41, 5.74) is 0.485. The number of likely N-dealkylation sites (tertiary alicyclic amines) is 2. The molecule has 0 atom stereocenters. The molecule has 2 aliphatic heterocycles. The molecule has 0 amide bonds. The van der Waals surface area contributed by atoms with Gasteiger partial charge < -0.3 is 0 Å². The van der Waals surface area contributed by atoms with Crippen molar-refractivity contribution in [2.45, 2.75) is 58.3 Å². The van der Waals surface area contributed by atoms with Crippen molar-refractivity contribution in [1.82, 2.24) is 9.80 Å². The van der Waals surface area contributed by atoms with Crippen LogP contribution in [0.3, 0.4) is 0 Å². The molecule has 0 unspecified atom stereocenters. The summed E-state index contributed by atoms with van der Waals surface area (Å²) >= 11 is 0. The van der Waals surface area contributed by atoms with Crippen LogP contribution in [-0.4, -0.2) is 53.2 Å². The predicted octanol–water partition coefficient (Wildman–Crippen LogP) is 2.54. The lowest BCUT2D eigenvalue weighted by atomic mass is 9.81. The number of nitrogens with zero attached hydrogens (tertiary/aromatic N) is 2. The SMILES string of the molecule is CC(C)(C)N1CC(CC(C)(C)N2CC(F)C2)C1. The van der Waals surface area contributed by atoms with E-state index in [2.05, 4.69) is 44.4 Å². The van der Waals surface area contributed by atoms with Gasteiger partial charge >= 0.3 is 0 Å². The number of alkyl halides is 1. The van der Waals surface area contributed by atoms with E-state index in [0.29, 0.717) is 18.6 Å². The molecule has 2 heterocycles. The maximum atomic E-state index is 12.9. The molecule has 0 spiro atoms. The maximum absolute atomic E-state index is 12.9. The minimum absolute atomic E-state index is 0.178. The lowest BCUT2D eigenvalue weighted by Crippen LogP contribution is -2.62. The zero-order valence-corrected chi connectivity index (χ0v) is 12.0. The van der Waals surface area contributed by atoms with Crippen LogP contribution in [0.4, 0.5) is 4.39 Å². The molecular formula is C14H27FN2. The Kier molecular flexibility index (Phi) is 3.28. The molecule has 0 aromatic heterocycles. The highest BCUT2D eigenvalue weighted by Gasteiger charge is 2.42. The van der Waals surface area contributed by atoms with Crippen LogP contribution < -0.4 is 0 Å². The third kappa shape index (κ3) is 2.82. The zero-order valence-electron chi connectivity index (χ0n) is 12.0. The van der Waals surface area contributed by atoms with Crippen LogP contribution in [0.1, 0.15) is 41.0 Å². The number of hydrogen-bond acceptors (Lipinski definition) is 2. The monoisotopic (exact) mass is 242 g/mol. The summed E-state index contributed by atoms with van der Waals surface area (Å²) in [4.78, 5) is 4.82. The summed E-state index contributed by atoms with van der Waals surface area (Å²) in [5, 5.41) is 0. The fraction of sp³-hybridized carbons (Fsp3) is 1.00. The van der Waals surface area contributed by atoms with E-state index in [-0.39, 0.29) is 5.54 Å². The van der Waals surface area contributed by atoms with Crippen molar-refractivity contribution in [3.63, 3.8) is 0 Å². The van der Waals surface area contributed by atoms with Crippen molar-refractivity contribution in [2.24, 2.45) is 5.92 Å². The first-order valence-corrected chi connectivity index (χ1v) is 6.83. The Hall–Kier alpha value is -0.150. The smallest absolute Gasteiger partial charge is 0.125 e. The summed E-state index contributed by atoms with van der Waals surface area (Å²) in [6, 6.07) is 0. The van der Waals surface area contributed by atoms with E-state index in [9.17, 15) is 4.39 Å². The Bertz CT molecular complexity index is 270. The lowest BCUT2D eigenvalue weighted by Gasteiger charge is -2.53. The summed E-state index contributed by atoms with van der Waals surface area (Å²) in [6.45, 7) is 15.1. The molecule has 0 saturated carbocycles. The maximum Gasteiger partial charge on any atom is 0.125 e. The molecule has 0 radical (unpaired) electrons. The molecule has 2 nitrogen and oxygen atoms in total. The van der Waals surface area contributed by atoms with Crippen molar-refractivity contribution < 1.29 is 4.39 Å². The molecule has 0 aromatic rings. The fourth-order valence-electron chi connectivity index (χ4n) is 3.00. The second-order valence-corrected chi connectivity index (χ2v) is 7.46. The van der Waals surface area contributed by atoms with Crippen molar-refractivity contribution in [3.05, 3.63) is 0 Å². The van der Waals surface area contributed by atoms with Crippen LogP contribution in [0.15, 0.2) is 0 Å². The van der Waals surface area contributed by atoms with Crippen LogP contribution in [0.2, 0.25) is 0 Å². The summed E-state index contributed by atoms with van der Waals surface area (Å²) in [5.74, 6) is 0.794. The Morgan fingerprint density at radius 1 is 0.941 bits per heavy atom. The number of hydrogen-bond donors (Lipinski definition) is 0. The second-order valence-electron chi connectivity index (χ2n) is 7.46. The third-order valence-corrected chi connectivity index (χ3v) is 4.39. The zero-order chi connectivity index (χ0) is 12.8. The van der Waals surface area contributed by atoms with Crippen LogP contribution in [0.25, 0.3) is 0 Å². The van der Waals surface area contributed by atoms with E-state index >= 15 is 0 Å². The van der Waals surface area contributed by atoms with Gasteiger partial charge in [0, 0.05) is 37.3 Å². The van der Waals surface area contributed by atoms with Crippen molar-refractivity contribution >= 4 is 0 Å². The van der Waals surface area contributed by atoms with Gasteiger partial charge in [-0.05, 0) is 47.0 Å². The Labute approximate surface area is 105 Å². The van der Waals surface area contributed by atoms with E-state index in [1.165, 1.54) is 19.5 Å². The summed E-state index contributed by atoms with van der Waals surface area (Å²) in [6.07, 6.45) is 0.619. The van der Waals surface area contributed by atoms with E-state index in [1.54, 1.807) is 0 Å². The molecule has 2 aliphatic rings. The Morgan fingerprint density at radius 2 is 1.47 bits per heavy atom. The first-order chi connectivity index (χ1) is 7.68. The van der Waals surface area contributed by atoms with Gasteiger partial charge in [-0.25, -0.2) is 4.39 Å². The van der Waals surface area contributed by atoms with Gasteiger partial charge in [-0.1, -0.05) is 0 Å². The molecule has 2 rings (SSSR count). The molecule has 2 saturated heterocycles. The highest BCUT2D eigenvalue weighted by Crippen LogP contribution is 2.35. The fourth-order valence-corrected chi connectivity index (χ4v) is 3.00. The minimum Gasteiger partial charge on any atom is -0.298 e. The molecule has 3 heteroatoms. The van der Waals surface area contributed by atoms with Gasteiger partial charge in [-0.2, -0.15) is 0 Å². The molecular weight excluding hydrogens is 215 g/mol. The summed E-state index contributed by atoms with van der Waals surface area (Å²) < 4.78 is 12.9. The molecule has 0 aromatic carbocycles. The van der Waals surface area contributed by atoms with Gasteiger partial charge in [-0.15, -0.1) is 0 Å². The van der Waals surface area contributed by atoms with Crippen molar-refractivity contribution in [1.29, 1.82) is 0 Å². The molecule has 17 heavy (non-hydrogen) atoms. The lowest BCUT2D eigenvalue weighted by molar-refractivity contribution is -0.0551. The predicted molar refractivity (Wildman–Crippen MR) is 70.0 cm³/mol. The number of halogens is 1. The number of rotatable bonds is 3. The first-order valence-electron chi connectivity index (χ1n) is 6.83. The quantitative estimate of drug-likeness (QED) is 0.750. The highest BCUT2D eigenvalue weighted by atomic mass is 19.1. The van der Waals surface area contributed by atoms with Gasteiger partial charge in [0.15, 0.2) is 0 Å². The van der Waals surface area contributed by atoms with Gasteiger partial charge in [0.1, 0.15) is 6.17 Å². The van der Waals surface area contributed by atoms with E-state index < -0.39 is 6.17 Å². The van der Waals surface area contributed by atoms with Crippen LogP contribution in [-0.2, 0) is 0 Å². The Balaban J connectivity index is 1.76. The van der Waals surface area contributed by atoms with E-state index in [1.807, 2.05) is 0 Å². The molecule has 0 aliphatic carbocycles. The van der Waals surface area contributed by atoms with Crippen LogP contribution >= 0.6 is 0 Å². The Morgan fingerprint density at radius 3 is 1.88 bits per heavy atom. The van der Waals surface area contributed by atoms with Gasteiger partial charge in [0.2, 0.25) is 0 Å². The van der Waals surface area contributed by atoms with Gasteiger partial charge in [-0.3, -0.25) is 9.80 Å². The minimum atomic E-state index is -0.582. The second kappa shape index (κ2) is 4.20. The third-order valence-electron chi connectivity index (χ3n) is 4.39. The molecule has 0 N–H and O–H groups in total. The average Bonchev–Trinajstić information content (AvgIpc) is 2.03. The average molecular weight is 242 g/mol. The summed E-state index contributed by atoms with van der Waals surface area (Å²) in [7, 11) is 0. The van der Waals surface area contributed by atoms with Crippen molar-refractivity contribution in [2.75, 3.05) is 26.2 Å². The molecule has 100 valence electrons. The van der Waals surface area contributed by atoms with Gasteiger partial charge in [0.05, 0.1) is 0 Å². The normalized spacial score (nSPS) is 25.8. The van der Waals surface area contributed by atoms with Gasteiger partial charge in [0.25, 0.3) is 0 Å². The molecule has 2 fully saturated rings. The topological polar surface area (TPSA) is 6.48 Å². The highest BCUT2D eigenvalue weighted by molar-refractivity contribution is 4.97. The largest absolute Gasteiger partial charge is 0.298 e. The van der Waals surface area contributed by atoms with Crippen LogP contribution in [0, 0.1) is 5.92 Å². The standard InChI is InChI=1S/C14H27FN2/c1-13(2,3)16-7-11(8-16)6-14(4,5)17-9-12(15)10-17/h11-12H,6-10H2,1-5H3. The van der Waals surface area contributed by atoms with E-state index in [0.717, 1.165) is 5.92 Å². The van der Waals surface area contributed by atoms with Crippen molar-refractivity contribution in [3.8, 4) is 0 Å².